The molecule has 1 aliphatic rings. The van der Waals surface area contributed by atoms with Crippen molar-refractivity contribution in [2.75, 3.05) is 18.7 Å². The molecule has 1 N–H and O–H groups in total. The van der Waals surface area contributed by atoms with Gasteiger partial charge >= 0.3 is 0 Å². The molecule has 0 aromatic carbocycles. The van der Waals surface area contributed by atoms with E-state index in [9.17, 15) is 0 Å². The summed E-state index contributed by atoms with van der Waals surface area (Å²) in [6.45, 7) is 1.21. The molecule has 2 aromatic rings. The quantitative estimate of drug-likeness (QED) is 0.844. The lowest BCUT2D eigenvalue weighted by molar-refractivity contribution is 0.0527. The van der Waals surface area contributed by atoms with Gasteiger partial charge in [0.25, 0.3) is 0 Å². The standard InChI is InChI=1S/C7H5ClN4.C4H7BrO2/c8-7-2-1-6(11-12-7)5-3-9-10-4-5;5-1-4-2-6-3-7-4/h1-4H,(H,9,10);4H,1-3H2. The van der Waals surface area contributed by atoms with Crippen LogP contribution in [0.25, 0.3) is 11.3 Å². The molecule has 1 saturated heterocycles. The zero-order valence-electron chi connectivity index (χ0n) is 9.92. The van der Waals surface area contributed by atoms with Crippen LogP contribution in [0.2, 0.25) is 5.15 Å². The van der Waals surface area contributed by atoms with Crippen LogP contribution in [0.3, 0.4) is 0 Å². The first-order valence-electron chi connectivity index (χ1n) is 5.53. The van der Waals surface area contributed by atoms with Gasteiger partial charge in [-0.05, 0) is 12.1 Å². The van der Waals surface area contributed by atoms with Crippen molar-refractivity contribution in [3.8, 4) is 11.3 Å². The van der Waals surface area contributed by atoms with Crippen molar-refractivity contribution < 1.29 is 9.47 Å². The van der Waals surface area contributed by atoms with Gasteiger partial charge in [-0.1, -0.05) is 27.5 Å². The van der Waals surface area contributed by atoms with E-state index >= 15 is 0 Å². The van der Waals surface area contributed by atoms with E-state index in [-0.39, 0.29) is 0 Å². The van der Waals surface area contributed by atoms with Gasteiger partial charge in [-0.3, -0.25) is 5.10 Å². The first kappa shape index (κ1) is 14.4. The first-order chi connectivity index (χ1) is 9.29. The Bertz CT molecular complexity index is 474. The lowest BCUT2D eigenvalue weighted by Crippen LogP contribution is -2.09. The van der Waals surface area contributed by atoms with Crippen LogP contribution < -0.4 is 0 Å². The van der Waals surface area contributed by atoms with Gasteiger partial charge in [-0.25, -0.2) is 0 Å². The van der Waals surface area contributed by atoms with E-state index in [2.05, 4.69) is 36.3 Å². The fourth-order valence-corrected chi connectivity index (χ4v) is 1.80. The molecule has 1 fully saturated rings. The van der Waals surface area contributed by atoms with Gasteiger partial charge in [-0.2, -0.15) is 5.10 Å². The Hall–Kier alpha value is -1.02. The van der Waals surface area contributed by atoms with Gasteiger partial charge in [0.05, 0.1) is 24.6 Å². The highest BCUT2D eigenvalue weighted by molar-refractivity contribution is 9.09. The van der Waals surface area contributed by atoms with Crippen LogP contribution in [-0.2, 0) is 9.47 Å². The molecule has 3 rings (SSSR count). The minimum Gasteiger partial charge on any atom is -0.353 e. The number of ether oxygens (including phenoxy) is 2. The minimum atomic E-state index is 0.292. The Morgan fingerprint density at radius 3 is 2.79 bits per heavy atom. The SMILES string of the molecule is BrCC1COCO1.Clc1ccc(-c2cn[nH]c2)nn1. The molecular formula is C11H12BrClN4O2. The second-order valence-electron chi connectivity index (χ2n) is 3.66. The number of aromatic amines is 1. The molecule has 102 valence electrons. The predicted octanol–water partition coefficient (Wildman–Crippen LogP) is 2.27. The summed E-state index contributed by atoms with van der Waals surface area (Å²) in [7, 11) is 0. The summed E-state index contributed by atoms with van der Waals surface area (Å²) in [5, 5.41) is 15.3. The molecule has 0 amide bonds. The Morgan fingerprint density at radius 2 is 2.32 bits per heavy atom. The fourth-order valence-electron chi connectivity index (χ4n) is 1.32. The van der Waals surface area contributed by atoms with E-state index in [0.29, 0.717) is 18.1 Å². The second-order valence-corrected chi connectivity index (χ2v) is 4.69. The van der Waals surface area contributed by atoms with Gasteiger partial charge in [0.1, 0.15) is 6.79 Å². The van der Waals surface area contributed by atoms with Crippen LogP contribution in [0.5, 0.6) is 0 Å². The smallest absolute Gasteiger partial charge is 0.151 e. The van der Waals surface area contributed by atoms with Gasteiger partial charge in [0.15, 0.2) is 5.15 Å². The average Bonchev–Trinajstić information content (AvgIpc) is 3.14. The van der Waals surface area contributed by atoms with Crippen LogP contribution >= 0.6 is 27.5 Å². The molecule has 3 heterocycles. The highest BCUT2D eigenvalue weighted by Crippen LogP contribution is 2.14. The van der Waals surface area contributed by atoms with Crippen LogP contribution in [0.1, 0.15) is 0 Å². The second kappa shape index (κ2) is 7.54. The van der Waals surface area contributed by atoms with Gasteiger partial charge in [0.2, 0.25) is 0 Å². The van der Waals surface area contributed by atoms with E-state index in [4.69, 9.17) is 21.1 Å². The molecule has 0 spiro atoms. The molecule has 19 heavy (non-hydrogen) atoms. The average molecular weight is 348 g/mol. The van der Waals surface area contributed by atoms with E-state index in [1.807, 2.05) is 0 Å². The molecule has 8 heteroatoms. The van der Waals surface area contributed by atoms with E-state index < -0.39 is 0 Å². The first-order valence-corrected chi connectivity index (χ1v) is 7.03. The molecular weight excluding hydrogens is 336 g/mol. The van der Waals surface area contributed by atoms with Crippen LogP contribution in [0, 0.1) is 0 Å². The highest BCUT2D eigenvalue weighted by Gasteiger charge is 2.12. The van der Waals surface area contributed by atoms with Crippen LogP contribution in [0.15, 0.2) is 24.5 Å². The number of H-pyrrole nitrogens is 1. The Balaban J connectivity index is 0.000000163. The number of nitrogens with zero attached hydrogens (tertiary/aromatic N) is 3. The van der Waals surface area contributed by atoms with E-state index in [1.54, 1.807) is 24.5 Å². The molecule has 0 aliphatic carbocycles. The Kier molecular flexibility index (Phi) is 5.71. The van der Waals surface area contributed by atoms with Gasteiger partial charge in [0, 0.05) is 17.1 Å². The highest BCUT2D eigenvalue weighted by atomic mass is 79.9. The number of hydrogen-bond donors (Lipinski definition) is 1. The third kappa shape index (κ3) is 4.54. The van der Waals surface area contributed by atoms with Crippen LogP contribution in [-0.4, -0.2) is 45.2 Å². The monoisotopic (exact) mass is 346 g/mol. The molecule has 0 bridgehead atoms. The number of nitrogens with one attached hydrogen (secondary N) is 1. The van der Waals surface area contributed by atoms with Crippen molar-refractivity contribution in [2.45, 2.75) is 6.10 Å². The summed E-state index contributed by atoms with van der Waals surface area (Å²) in [5.74, 6) is 0. The fraction of sp³-hybridized carbons (Fsp3) is 0.364. The van der Waals surface area contributed by atoms with E-state index in [1.165, 1.54) is 0 Å². The summed E-state index contributed by atoms with van der Waals surface area (Å²) in [6.07, 6.45) is 3.72. The maximum Gasteiger partial charge on any atom is 0.151 e. The molecule has 1 atom stereocenters. The van der Waals surface area contributed by atoms with E-state index in [0.717, 1.165) is 23.2 Å². The van der Waals surface area contributed by atoms with Crippen molar-refractivity contribution in [3.63, 3.8) is 0 Å². The molecule has 2 aromatic heterocycles. The largest absolute Gasteiger partial charge is 0.353 e. The van der Waals surface area contributed by atoms with Crippen molar-refractivity contribution in [1.29, 1.82) is 0 Å². The molecule has 6 nitrogen and oxygen atoms in total. The number of hydrogen-bond acceptors (Lipinski definition) is 5. The summed E-state index contributed by atoms with van der Waals surface area (Å²) in [6, 6.07) is 3.48. The topological polar surface area (TPSA) is 72.9 Å². The zero-order valence-corrected chi connectivity index (χ0v) is 12.3. The summed E-state index contributed by atoms with van der Waals surface area (Å²) in [5.41, 5.74) is 1.66. The summed E-state index contributed by atoms with van der Waals surface area (Å²) < 4.78 is 9.93. The molecule has 1 unspecified atom stereocenters. The van der Waals surface area contributed by atoms with Crippen molar-refractivity contribution in [3.05, 3.63) is 29.7 Å². The van der Waals surface area contributed by atoms with Crippen molar-refractivity contribution in [1.82, 2.24) is 20.4 Å². The molecule has 0 radical (unpaired) electrons. The lowest BCUT2D eigenvalue weighted by atomic mass is 10.2. The number of aromatic nitrogens is 4. The number of halogens is 2. The molecule has 0 saturated carbocycles. The molecule has 1 aliphatic heterocycles. The van der Waals surface area contributed by atoms with Gasteiger partial charge < -0.3 is 9.47 Å². The summed E-state index contributed by atoms with van der Waals surface area (Å²) >= 11 is 8.85. The third-order valence-electron chi connectivity index (χ3n) is 2.29. The zero-order chi connectivity index (χ0) is 13.5. The Morgan fingerprint density at radius 1 is 1.42 bits per heavy atom. The minimum absolute atomic E-state index is 0.292. The number of rotatable bonds is 2. The summed E-state index contributed by atoms with van der Waals surface area (Å²) in [4.78, 5) is 0. The maximum absolute atomic E-state index is 5.58. The maximum atomic E-state index is 5.58. The normalized spacial score (nSPS) is 17.9. The predicted molar refractivity (Wildman–Crippen MR) is 74.1 cm³/mol. The van der Waals surface area contributed by atoms with Crippen molar-refractivity contribution in [2.24, 2.45) is 0 Å². The van der Waals surface area contributed by atoms with Crippen molar-refractivity contribution >= 4 is 27.5 Å². The van der Waals surface area contributed by atoms with Gasteiger partial charge in [-0.15, -0.1) is 10.2 Å². The third-order valence-corrected chi connectivity index (χ3v) is 3.21. The lowest BCUT2D eigenvalue weighted by Gasteiger charge is -1.96. The van der Waals surface area contributed by atoms with Crippen LogP contribution in [0.4, 0.5) is 0 Å². The Labute approximate surface area is 123 Å². The number of alkyl halides is 1.